The first-order valence-corrected chi connectivity index (χ1v) is 11.4. The molecule has 0 fully saturated rings. The molecule has 1 aromatic heterocycles. The third-order valence-corrected chi connectivity index (χ3v) is 6.72. The Morgan fingerprint density at radius 2 is 2.09 bits per heavy atom. The Morgan fingerprint density at radius 1 is 1.36 bits per heavy atom. The van der Waals surface area contributed by atoms with Gasteiger partial charge in [-0.05, 0) is 55.9 Å². The number of nitrogens with one attached hydrogen (secondary N) is 2. The summed E-state index contributed by atoms with van der Waals surface area (Å²) in [6.45, 7) is 3.02. The first-order valence-electron chi connectivity index (χ1n) is 10.2. The zero-order valence-corrected chi connectivity index (χ0v) is 19.4. The molecule has 0 radical (unpaired) electrons. The van der Waals surface area contributed by atoms with Crippen molar-refractivity contribution >= 4 is 39.8 Å². The summed E-state index contributed by atoms with van der Waals surface area (Å²) in [4.78, 5) is 26.3. The van der Waals surface area contributed by atoms with Crippen LogP contribution in [-0.2, 0) is 22.4 Å². The lowest BCUT2D eigenvalue weighted by atomic mass is 9.88. The van der Waals surface area contributed by atoms with Gasteiger partial charge in [0.15, 0.2) is 0 Å². The molecule has 11 heteroatoms. The van der Waals surface area contributed by atoms with Crippen molar-refractivity contribution in [3.05, 3.63) is 50.9 Å². The van der Waals surface area contributed by atoms with Gasteiger partial charge in [0.1, 0.15) is 11.1 Å². The Kier molecular flexibility index (Phi) is 7.24. The van der Waals surface area contributed by atoms with E-state index in [4.69, 9.17) is 16.3 Å². The van der Waals surface area contributed by atoms with Gasteiger partial charge in [-0.2, -0.15) is 18.4 Å². The van der Waals surface area contributed by atoms with Crippen LogP contribution < -0.4 is 10.6 Å². The lowest BCUT2D eigenvalue weighted by Crippen LogP contribution is -2.69. The molecule has 1 amide bonds. The number of benzene rings is 1. The van der Waals surface area contributed by atoms with Gasteiger partial charge in [0, 0.05) is 15.5 Å². The van der Waals surface area contributed by atoms with Gasteiger partial charge >= 0.3 is 17.8 Å². The number of carbonyl (C=O) groups is 2. The topological polar surface area (TPSA) is 91.2 Å². The monoisotopic (exact) mass is 499 g/mol. The molecule has 3 rings (SSSR count). The summed E-state index contributed by atoms with van der Waals surface area (Å²) in [5.41, 5.74) is -3.09. The number of nitrogens with zero attached hydrogens (tertiary/aromatic N) is 1. The second-order valence-electron chi connectivity index (χ2n) is 7.73. The highest BCUT2D eigenvalue weighted by atomic mass is 35.5. The van der Waals surface area contributed by atoms with E-state index in [0.29, 0.717) is 24.3 Å². The predicted octanol–water partition coefficient (Wildman–Crippen LogP) is 5.06. The van der Waals surface area contributed by atoms with Crippen molar-refractivity contribution in [2.75, 3.05) is 11.9 Å². The normalized spacial score (nSPS) is 17.3. The average molecular weight is 500 g/mol. The number of rotatable bonds is 6. The number of thiophene rings is 1. The van der Waals surface area contributed by atoms with E-state index in [9.17, 15) is 28.0 Å². The van der Waals surface area contributed by atoms with Crippen molar-refractivity contribution in [2.45, 2.75) is 44.9 Å². The second kappa shape index (κ2) is 9.61. The quantitative estimate of drug-likeness (QED) is 0.428. The summed E-state index contributed by atoms with van der Waals surface area (Å²) in [7, 11) is 0. The zero-order chi connectivity index (χ0) is 24.4. The van der Waals surface area contributed by atoms with Crippen LogP contribution in [0.2, 0.25) is 5.02 Å². The van der Waals surface area contributed by atoms with Gasteiger partial charge in [-0.3, -0.25) is 4.79 Å². The van der Waals surface area contributed by atoms with E-state index in [1.54, 1.807) is 5.32 Å². The lowest BCUT2D eigenvalue weighted by molar-refractivity contribution is -0.204. The van der Waals surface area contributed by atoms with Crippen LogP contribution in [0.15, 0.2) is 24.3 Å². The number of fused-ring (bicyclic) bond motifs is 1. The van der Waals surface area contributed by atoms with Crippen LogP contribution in [0, 0.1) is 17.2 Å². The number of nitriles is 1. The molecule has 0 unspecified atom stereocenters. The zero-order valence-electron chi connectivity index (χ0n) is 17.8. The average Bonchev–Trinajstić information content (AvgIpc) is 3.08. The van der Waals surface area contributed by atoms with Crippen molar-refractivity contribution in [3.63, 3.8) is 0 Å². The van der Waals surface area contributed by atoms with Gasteiger partial charge in [-0.15, -0.1) is 11.3 Å². The Labute approximate surface area is 197 Å². The van der Waals surface area contributed by atoms with Crippen LogP contribution in [0.25, 0.3) is 0 Å². The molecule has 33 heavy (non-hydrogen) atoms. The number of ether oxygens (including phenoxy) is 1. The SMILES string of the molecule is CCOC(=O)[C@](NC(=O)c1cccc(Cl)c1)(Nc1sc2c(c1C#N)CC[C@H](C)C2)C(F)(F)F. The van der Waals surface area contributed by atoms with Crippen LogP contribution in [0.4, 0.5) is 18.2 Å². The van der Waals surface area contributed by atoms with E-state index in [0.717, 1.165) is 22.6 Å². The fourth-order valence-corrected chi connectivity index (χ4v) is 5.24. The minimum atomic E-state index is -5.31. The first kappa shape index (κ1) is 24.9. The molecule has 0 aliphatic heterocycles. The molecule has 6 nitrogen and oxygen atoms in total. The van der Waals surface area contributed by atoms with Crippen molar-refractivity contribution in [1.82, 2.24) is 5.32 Å². The fraction of sp³-hybridized carbons (Fsp3) is 0.409. The predicted molar refractivity (Wildman–Crippen MR) is 118 cm³/mol. The van der Waals surface area contributed by atoms with Crippen molar-refractivity contribution < 1.29 is 27.5 Å². The molecule has 0 saturated carbocycles. The van der Waals surface area contributed by atoms with Crippen LogP contribution >= 0.6 is 22.9 Å². The van der Waals surface area contributed by atoms with Gasteiger partial charge in [-0.25, -0.2) is 4.79 Å². The van der Waals surface area contributed by atoms with E-state index in [1.807, 2.05) is 13.0 Å². The molecule has 1 heterocycles. The molecule has 2 aromatic rings. The number of hydrogen-bond donors (Lipinski definition) is 2. The van der Waals surface area contributed by atoms with Gasteiger partial charge < -0.3 is 15.4 Å². The maximum Gasteiger partial charge on any atom is 0.441 e. The van der Waals surface area contributed by atoms with Crippen molar-refractivity contribution in [2.24, 2.45) is 5.92 Å². The third kappa shape index (κ3) is 4.94. The Morgan fingerprint density at radius 3 is 2.70 bits per heavy atom. The summed E-state index contributed by atoms with van der Waals surface area (Å²) in [5, 5.41) is 13.6. The van der Waals surface area contributed by atoms with E-state index in [2.05, 4.69) is 5.32 Å². The molecule has 1 aliphatic rings. The van der Waals surface area contributed by atoms with E-state index < -0.39 is 23.7 Å². The highest BCUT2D eigenvalue weighted by Gasteiger charge is 2.64. The summed E-state index contributed by atoms with van der Waals surface area (Å²) in [6.07, 6.45) is -3.35. The second-order valence-corrected chi connectivity index (χ2v) is 9.27. The number of carbonyl (C=O) groups excluding carboxylic acids is 2. The maximum atomic E-state index is 14.5. The smallest absolute Gasteiger partial charge is 0.441 e. The van der Waals surface area contributed by atoms with E-state index in [-0.39, 0.29) is 27.8 Å². The van der Waals surface area contributed by atoms with Crippen molar-refractivity contribution in [1.29, 1.82) is 5.26 Å². The molecule has 2 atom stereocenters. The number of halogens is 4. The number of esters is 1. The summed E-state index contributed by atoms with van der Waals surface area (Å²) >= 11 is 6.84. The Balaban J connectivity index is 2.10. The molecule has 2 N–H and O–H groups in total. The molecule has 0 bridgehead atoms. The Bertz CT molecular complexity index is 1110. The van der Waals surface area contributed by atoms with Gasteiger partial charge in [0.05, 0.1) is 12.2 Å². The number of amides is 1. The molecule has 0 saturated heterocycles. The standard InChI is InChI=1S/C22H21ClF3N3O3S/c1-3-32-20(31)21(22(24,25)26,28-18(30)13-5-4-6-14(23)10-13)29-19-16(11-27)15-8-7-12(2)9-17(15)33-19/h4-6,10,12,29H,3,7-9H2,1-2H3,(H,28,30)/t12-,21-/m0/s1. The van der Waals surface area contributed by atoms with Crippen molar-refractivity contribution in [3.8, 4) is 6.07 Å². The highest BCUT2D eigenvalue weighted by molar-refractivity contribution is 7.16. The van der Waals surface area contributed by atoms with Crippen LogP contribution in [-0.4, -0.2) is 30.3 Å². The van der Waals surface area contributed by atoms with Gasteiger partial charge in [0.2, 0.25) is 0 Å². The van der Waals surface area contributed by atoms with Crippen LogP contribution in [0.1, 0.15) is 46.6 Å². The lowest BCUT2D eigenvalue weighted by Gasteiger charge is -2.35. The van der Waals surface area contributed by atoms with Gasteiger partial charge in [-0.1, -0.05) is 24.6 Å². The van der Waals surface area contributed by atoms with Gasteiger partial charge in [0.25, 0.3) is 5.91 Å². The molecule has 1 aliphatic carbocycles. The van der Waals surface area contributed by atoms with E-state index in [1.165, 1.54) is 31.2 Å². The van der Waals surface area contributed by atoms with Crippen LogP contribution in [0.3, 0.4) is 0 Å². The summed E-state index contributed by atoms with van der Waals surface area (Å²) in [5.74, 6) is -2.61. The maximum absolute atomic E-state index is 14.5. The summed E-state index contributed by atoms with van der Waals surface area (Å²) < 4.78 is 48.2. The van der Waals surface area contributed by atoms with E-state index >= 15 is 0 Å². The number of hydrogen-bond acceptors (Lipinski definition) is 6. The minimum absolute atomic E-state index is 0.0387. The Hall–Kier alpha value is -2.77. The molecule has 176 valence electrons. The summed E-state index contributed by atoms with van der Waals surface area (Å²) in [6, 6.07) is 7.24. The van der Waals surface area contributed by atoms with Crippen LogP contribution in [0.5, 0.6) is 0 Å². The molecular formula is C22H21ClF3N3O3S. The molecular weight excluding hydrogens is 479 g/mol. The number of anilines is 1. The first-order chi connectivity index (χ1) is 15.5. The highest BCUT2D eigenvalue weighted by Crippen LogP contribution is 2.42. The fourth-order valence-electron chi connectivity index (χ4n) is 3.63. The molecule has 1 aromatic carbocycles. The minimum Gasteiger partial charge on any atom is -0.463 e. The largest absolute Gasteiger partial charge is 0.463 e. The molecule has 0 spiro atoms. The third-order valence-electron chi connectivity index (χ3n) is 5.32. The number of alkyl halides is 3.